The molecule has 5 nitrogen and oxygen atoms in total. The maximum absolute atomic E-state index is 6.01. The third kappa shape index (κ3) is 2.13. The molecule has 0 fully saturated rings. The number of aromatic nitrogens is 4. The minimum Gasteiger partial charge on any atom is -0.370 e. The van der Waals surface area contributed by atoms with Crippen molar-refractivity contribution in [3.63, 3.8) is 0 Å². The van der Waals surface area contributed by atoms with E-state index in [9.17, 15) is 0 Å². The molecule has 2 heterocycles. The van der Waals surface area contributed by atoms with E-state index in [0.717, 1.165) is 29.1 Å². The van der Waals surface area contributed by atoms with Crippen molar-refractivity contribution in [3.8, 4) is 5.69 Å². The Labute approximate surface area is 115 Å². The molecule has 3 rings (SSSR count). The van der Waals surface area contributed by atoms with Gasteiger partial charge in [0.25, 0.3) is 0 Å². The zero-order valence-electron chi connectivity index (χ0n) is 10.3. The van der Waals surface area contributed by atoms with Gasteiger partial charge < -0.3 is 5.32 Å². The van der Waals surface area contributed by atoms with Gasteiger partial charge in [-0.1, -0.05) is 17.7 Å². The highest BCUT2D eigenvalue weighted by atomic mass is 35.5. The molecular formula is C13H12ClN5. The van der Waals surface area contributed by atoms with Crippen molar-refractivity contribution in [2.24, 2.45) is 0 Å². The summed E-state index contributed by atoms with van der Waals surface area (Å²) in [5.74, 6) is 0.792. The van der Waals surface area contributed by atoms with Crippen LogP contribution in [0.5, 0.6) is 0 Å². The van der Waals surface area contributed by atoms with Crippen LogP contribution < -0.4 is 5.32 Å². The van der Waals surface area contributed by atoms with Gasteiger partial charge in [-0.25, -0.2) is 14.6 Å². The molecule has 3 aromatic rings. The minimum atomic E-state index is 0.669. The molecule has 0 saturated heterocycles. The predicted molar refractivity (Wildman–Crippen MR) is 75.8 cm³/mol. The molecule has 1 aromatic carbocycles. The molecular weight excluding hydrogens is 262 g/mol. The maximum atomic E-state index is 6.01. The highest BCUT2D eigenvalue weighted by Gasteiger charge is 2.10. The van der Waals surface area contributed by atoms with Gasteiger partial charge in [0.05, 0.1) is 17.3 Å². The smallest absolute Gasteiger partial charge is 0.168 e. The minimum absolute atomic E-state index is 0.669. The Balaban J connectivity index is 2.18. The fourth-order valence-corrected chi connectivity index (χ4v) is 2.13. The highest BCUT2D eigenvalue weighted by molar-refractivity contribution is 6.30. The summed E-state index contributed by atoms with van der Waals surface area (Å²) in [6.07, 6.45) is 3.29. The van der Waals surface area contributed by atoms with Crippen molar-refractivity contribution in [1.82, 2.24) is 19.7 Å². The van der Waals surface area contributed by atoms with E-state index in [-0.39, 0.29) is 0 Å². The fraction of sp³-hybridized carbons (Fsp3) is 0.154. The molecule has 6 heteroatoms. The number of hydrogen-bond acceptors (Lipinski definition) is 4. The lowest BCUT2D eigenvalue weighted by atomic mass is 10.3. The van der Waals surface area contributed by atoms with Gasteiger partial charge in [-0.2, -0.15) is 5.10 Å². The first-order valence-corrected chi connectivity index (χ1v) is 6.36. The molecule has 0 radical (unpaired) electrons. The Morgan fingerprint density at radius 2 is 2.21 bits per heavy atom. The van der Waals surface area contributed by atoms with Crippen molar-refractivity contribution in [2.75, 3.05) is 11.9 Å². The van der Waals surface area contributed by atoms with Gasteiger partial charge in [0.15, 0.2) is 5.65 Å². The van der Waals surface area contributed by atoms with Gasteiger partial charge in [0.1, 0.15) is 12.1 Å². The molecule has 0 atom stereocenters. The van der Waals surface area contributed by atoms with Crippen LogP contribution in [0.3, 0.4) is 0 Å². The molecule has 0 spiro atoms. The van der Waals surface area contributed by atoms with E-state index >= 15 is 0 Å². The molecule has 0 amide bonds. The van der Waals surface area contributed by atoms with Gasteiger partial charge in [-0.3, -0.25) is 0 Å². The number of rotatable bonds is 3. The third-order valence-corrected chi connectivity index (χ3v) is 3.00. The van der Waals surface area contributed by atoms with Crippen LogP contribution in [-0.2, 0) is 0 Å². The van der Waals surface area contributed by atoms with Crippen LogP contribution in [0.15, 0.2) is 36.8 Å². The van der Waals surface area contributed by atoms with Crippen molar-refractivity contribution >= 4 is 28.5 Å². The Morgan fingerprint density at radius 1 is 1.32 bits per heavy atom. The van der Waals surface area contributed by atoms with E-state index in [1.165, 1.54) is 6.33 Å². The first-order valence-electron chi connectivity index (χ1n) is 5.98. The molecule has 0 bridgehead atoms. The Morgan fingerprint density at radius 3 is 3.00 bits per heavy atom. The lowest BCUT2D eigenvalue weighted by Gasteiger charge is -2.05. The molecule has 0 aliphatic rings. The number of hydrogen-bond donors (Lipinski definition) is 1. The second-order valence-electron chi connectivity index (χ2n) is 4.03. The Hall–Kier alpha value is -2.14. The average Bonchev–Trinajstić information content (AvgIpc) is 2.84. The van der Waals surface area contributed by atoms with Crippen LogP contribution in [0.25, 0.3) is 16.7 Å². The standard InChI is InChI=1S/C13H12ClN5/c1-2-15-12-11-7-18-19(13(11)17-8-16-12)10-5-3-4-9(14)6-10/h3-8H,2H2,1H3,(H,15,16,17). The van der Waals surface area contributed by atoms with Crippen molar-refractivity contribution in [2.45, 2.75) is 6.92 Å². The number of nitrogens with zero attached hydrogens (tertiary/aromatic N) is 4. The predicted octanol–water partition coefficient (Wildman–Crippen LogP) is 2.90. The van der Waals surface area contributed by atoms with Crippen molar-refractivity contribution in [1.29, 1.82) is 0 Å². The fourth-order valence-electron chi connectivity index (χ4n) is 1.95. The Kier molecular flexibility index (Phi) is 3.05. The number of nitrogens with one attached hydrogen (secondary N) is 1. The van der Waals surface area contributed by atoms with E-state index in [1.807, 2.05) is 31.2 Å². The first kappa shape index (κ1) is 11.9. The molecule has 0 aliphatic heterocycles. The van der Waals surface area contributed by atoms with Gasteiger partial charge in [-0.15, -0.1) is 0 Å². The zero-order chi connectivity index (χ0) is 13.2. The molecule has 0 aliphatic carbocycles. The third-order valence-electron chi connectivity index (χ3n) is 2.76. The molecule has 2 aromatic heterocycles. The zero-order valence-corrected chi connectivity index (χ0v) is 11.1. The SMILES string of the molecule is CCNc1ncnc2c1cnn2-c1cccc(Cl)c1. The molecule has 19 heavy (non-hydrogen) atoms. The average molecular weight is 274 g/mol. The second-order valence-corrected chi connectivity index (χ2v) is 4.46. The second kappa shape index (κ2) is 4.85. The summed E-state index contributed by atoms with van der Waals surface area (Å²) in [5.41, 5.74) is 1.64. The van der Waals surface area contributed by atoms with Gasteiger partial charge >= 0.3 is 0 Å². The first-order chi connectivity index (χ1) is 9.29. The van der Waals surface area contributed by atoms with E-state index < -0.39 is 0 Å². The van der Waals surface area contributed by atoms with Crippen LogP contribution in [-0.4, -0.2) is 26.3 Å². The van der Waals surface area contributed by atoms with Gasteiger partial charge in [0.2, 0.25) is 0 Å². The summed E-state index contributed by atoms with van der Waals surface area (Å²) < 4.78 is 1.75. The largest absolute Gasteiger partial charge is 0.370 e. The number of fused-ring (bicyclic) bond motifs is 1. The summed E-state index contributed by atoms with van der Waals surface area (Å²) in [4.78, 5) is 8.52. The number of anilines is 1. The van der Waals surface area contributed by atoms with E-state index in [4.69, 9.17) is 11.6 Å². The molecule has 96 valence electrons. The number of halogens is 1. The van der Waals surface area contributed by atoms with Crippen molar-refractivity contribution in [3.05, 3.63) is 41.8 Å². The van der Waals surface area contributed by atoms with Gasteiger partial charge in [0, 0.05) is 11.6 Å². The van der Waals surface area contributed by atoms with Crippen LogP contribution in [0.4, 0.5) is 5.82 Å². The normalized spacial score (nSPS) is 10.8. The summed E-state index contributed by atoms with van der Waals surface area (Å²) in [6, 6.07) is 7.50. The van der Waals surface area contributed by atoms with E-state index in [2.05, 4.69) is 20.4 Å². The summed E-state index contributed by atoms with van der Waals surface area (Å²) in [6.45, 7) is 2.82. The van der Waals surface area contributed by atoms with Crippen LogP contribution in [0, 0.1) is 0 Å². The molecule has 0 unspecified atom stereocenters. The lowest BCUT2D eigenvalue weighted by Crippen LogP contribution is -2.01. The monoisotopic (exact) mass is 273 g/mol. The summed E-state index contributed by atoms with van der Waals surface area (Å²) in [5, 5.41) is 9.12. The molecule has 1 N–H and O–H groups in total. The quantitative estimate of drug-likeness (QED) is 0.797. The topological polar surface area (TPSA) is 55.6 Å². The Bertz CT molecular complexity index is 722. The maximum Gasteiger partial charge on any atom is 0.168 e. The summed E-state index contributed by atoms with van der Waals surface area (Å²) >= 11 is 6.01. The van der Waals surface area contributed by atoms with Gasteiger partial charge in [-0.05, 0) is 25.1 Å². The lowest BCUT2D eigenvalue weighted by molar-refractivity contribution is 0.895. The van der Waals surface area contributed by atoms with Crippen molar-refractivity contribution < 1.29 is 0 Å². The van der Waals surface area contributed by atoms with Crippen LogP contribution >= 0.6 is 11.6 Å². The summed E-state index contributed by atoms with van der Waals surface area (Å²) in [7, 11) is 0. The van der Waals surface area contributed by atoms with Crippen LogP contribution in [0.1, 0.15) is 6.92 Å². The molecule has 0 saturated carbocycles. The highest BCUT2D eigenvalue weighted by Crippen LogP contribution is 2.22. The van der Waals surface area contributed by atoms with Crippen LogP contribution in [0.2, 0.25) is 5.02 Å². The van der Waals surface area contributed by atoms with E-state index in [0.29, 0.717) is 5.02 Å². The number of benzene rings is 1. The van der Waals surface area contributed by atoms with E-state index in [1.54, 1.807) is 10.9 Å².